The van der Waals surface area contributed by atoms with Crippen LogP contribution in [-0.2, 0) is 4.74 Å². The summed E-state index contributed by atoms with van der Waals surface area (Å²) in [5.41, 5.74) is 2.80. The molecule has 2 aromatic rings. The van der Waals surface area contributed by atoms with E-state index in [1.807, 2.05) is 35.2 Å². The highest BCUT2D eigenvalue weighted by atomic mass is 16.5. The third-order valence-corrected chi connectivity index (χ3v) is 5.09. The number of piperidine rings is 1. The Morgan fingerprint density at radius 3 is 2.52 bits per heavy atom. The second kappa shape index (κ2) is 5.81. The van der Waals surface area contributed by atoms with Crippen molar-refractivity contribution < 1.29 is 9.53 Å². The average molecular weight is 311 g/mol. The Labute approximate surface area is 135 Å². The second-order valence-corrected chi connectivity index (χ2v) is 6.47. The molecule has 0 atom stereocenters. The van der Waals surface area contributed by atoms with Crippen molar-refractivity contribution in [3.8, 4) is 11.3 Å². The molecule has 2 saturated heterocycles. The molecule has 23 heavy (non-hydrogen) atoms. The van der Waals surface area contributed by atoms with E-state index < -0.39 is 0 Å². The van der Waals surface area contributed by atoms with E-state index >= 15 is 0 Å². The Bertz CT molecular complexity index is 663. The number of amides is 1. The van der Waals surface area contributed by atoms with Crippen LogP contribution in [0.1, 0.15) is 36.0 Å². The summed E-state index contributed by atoms with van der Waals surface area (Å²) in [6, 6.07) is 9.64. The van der Waals surface area contributed by atoms with Crippen molar-refractivity contribution in [2.45, 2.75) is 31.3 Å². The molecule has 0 unspecified atom stereocenters. The highest BCUT2D eigenvalue weighted by molar-refractivity contribution is 5.94. The number of carbonyl (C=O) groups excluding carboxylic acids is 1. The molecule has 2 aliphatic rings. The van der Waals surface area contributed by atoms with Crippen LogP contribution in [0.15, 0.2) is 36.5 Å². The van der Waals surface area contributed by atoms with E-state index in [4.69, 9.17) is 4.74 Å². The molecule has 1 aromatic carbocycles. The van der Waals surface area contributed by atoms with Crippen LogP contribution in [0.25, 0.3) is 11.3 Å². The van der Waals surface area contributed by atoms with Gasteiger partial charge in [0.25, 0.3) is 5.91 Å². The number of ether oxygens (including phenoxy) is 1. The molecule has 0 saturated carbocycles. The molecule has 5 heteroatoms. The number of likely N-dealkylation sites (tertiary alicyclic amines) is 1. The number of carbonyl (C=O) groups is 1. The monoisotopic (exact) mass is 311 g/mol. The Morgan fingerprint density at radius 1 is 1.13 bits per heavy atom. The van der Waals surface area contributed by atoms with E-state index in [9.17, 15) is 4.79 Å². The summed E-state index contributed by atoms with van der Waals surface area (Å²) < 4.78 is 5.92. The lowest BCUT2D eigenvalue weighted by molar-refractivity contribution is -0.0387. The predicted octanol–water partition coefficient (Wildman–Crippen LogP) is 2.86. The van der Waals surface area contributed by atoms with Crippen LogP contribution in [0.3, 0.4) is 0 Å². The van der Waals surface area contributed by atoms with Gasteiger partial charge < -0.3 is 9.64 Å². The van der Waals surface area contributed by atoms with Crippen molar-refractivity contribution in [1.82, 2.24) is 15.1 Å². The summed E-state index contributed by atoms with van der Waals surface area (Å²) in [6.07, 6.45) is 5.95. The van der Waals surface area contributed by atoms with Gasteiger partial charge in [0.05, 0.1) is 11.3 Å². The Kier molecular flexibility index (Phi) is 3.65. The fourth-order valence-corrected chi connectivity index (χ4v) is 3.66. The van der Waals surface area contributed by atoms with Gasteiger partial charge in [-0.05, 0) is 49.4 Å². The summed E-state index contributed by atoms with van der Waals surface area (Å²) in [5, 5.41) is 6.89. The van der Waals surface area contributed by atoms with Crippen molar-refractivity contribution in [1.29, 1.82) is 0 Å². The zero-order valence-electron chi connectivity index (χ0n) is 13.1. The van der Waals surface area contributed by atoms with Gasteiger partial charge in [-0.2, -0.15) is 5.10 Å². The maximum atomic E-state index is 12.7. The first-order valence-corrected chi connectivity index (χ1v) is 8.29. The molecule has 1 amide bonds. The van der Waals surface area contributed by atoms with Gasteiger partial charge in [0, 0.05) is 31.5 Å². The van der Waals surface area contributed by atoms with Gasteiger partial charge in [-0.3, -0.25) is 9.89 Å². The minimum atomic E-state index is 0.0568. The lowest BCUT2D eigenvalue weighted by Crippen LogP contribution is -2.46. The van der Waals surface area contributed by atoms with Crippen LogP contribution in [0.4, 0.5) is 0 Å². The van der Waals surface area contributed by atoms with E-state index in [0.717, 1.165) is 62.2 Å². The number of benzene rings is 1. The van der Waals surface area contributed by atoms with Crippen LogP contribution in [-0.4, -0.2) is 46.3 Å². The number of nitrogens with zero attached hydrogens (tertiary/aromatic N) is 2. The number of nitrogens with one attached hydrogen (secondary N) is 1. The number of hydrogen-bond acceptors (Lipinski definition) is 3. The van der Waals surface area contributed by atoms with E-state index in [1.54, 1.807) is 6.20 Å². The van der Waals surface area contributed by atoms with Gasteiger partial charge in [0.15, 0.2) is 0 Å². The first-order valence-electron chi connectivity index (χ1n) is 8.29. The molecule has 0 aliphatic carbocycles. The van der Waals surface area contributed by atoms with Crippen molar-refractivity contribution in [2.75, 3.05) is 19.7 Å². The predicted molar refractivity (Wildman–Crippen MR) is 87.1 cm³/mol. The zero-order valence-corrected chi connectivity index (χ0v) is 13.1. The van der Waals surface area contributed by atoms with E-state index in [-0.39, 0.29) is 11.5 Å². The number of rotatable bonds is 2. The second-order valence-electron chi connectivity index (χ2n) is 6.47. The minimum absolute atomic E-state index is 0.0568. The van der Waals surface area contributed by atoms with Crippen molar-refractivity contribution >= 4 is 5.91 Å². The molecule has 1 N–H and O–H groups in total. The van der Waals surface area contributed by atoms with Crippen LogP contribution in [0, 0.1) is 0 Å². The summed E-state index contributed by atoms with van der Waals surface area (Å²) in [7, 11) is 0. The Morgan fingerprint density at radius 2 is 1.91 bits per heavy atom. The van der Waals surface area contributed by atoms with Gasteiger partial charge in [0.1, 0.15) is 0 Å². The highest BCUT2D eigenvalue weighted by Gasteiger charge is 2.39. The topological polar surface area (TPSA) is 58.2 Å². The summed E-state index contributed by atoms with van der Waals surface area (Å²) in [6.45, 7) is 2.46. The number of H-pyrrole nitrogens is 1. The molecule has 0 radical (unpaired) electrons. The Balaban J connectivity index is 1.43. The highest BCUT2D eigenvalue weighted by Crippen LogP contribution is 2.35. The van der Waals surface area contributed by atoms with E-state index in [1.165, 1.54) is 0 Å². The minimum Gasteiger partial charge on any atom is -0.375 e. The standard InChI is InChI=1S/C18H21N3O2/c22-17(21-11-8-18(9-12-21)7-1-13-23-18)15-4-2-14(3-5-15)16-6-10-19-20-16/h2-6,10H,1,7-9,11-13H2,(H,19,20). The van der Waals surface area contributed by atoms with Gasteiger partial charge in [-0.1, -0.05) is 12.1 Å². The van der Waals surface area contributed by atoms with Gasteiger partial charge >= 0.3 is 0 Å². The van der Waals surface area contributed by atoms with Gasteiger partial charge in [-0.15, -0.1) is 0 Å². The van der Waals surface area contributed by atoms with Crippen LogP contribution < -0.4 is 0 Å². The number of hydrogen-bond donors (Lipinski definition) is 1. The fourth-order valence-electron chi connectivity index (χ4n) is 3.66. The van der Waals surface area contributed by atoms with Crippen molar-refractivity contribution in [3.63, 3.8) is 0 Å². The zero-order chi connectivity index (χ0) is 15.7. The largest absolute Gasteiger partial charge is 0.375 e. The maximum Gasteiger partial charge on any atom is 0.253 e. The molecule has 1 aromatic heterocycles. The molecule has 2 fully saturated rings. The third-order valence-electron chi connectivity index (χ3n) is 5.09. The van der Waals surface area contributed by atoms with E-state index in [0.29, 0.717) is 0 Å². The SMILES string of the molecule is O=C(c1ccc(-c2ccn[nH]2)cc1)N1CCC2(CCCO2)CC1. The third kappa shape index (κ3) is 2.77. The molecule has 0 bridgehead atoms. The molecular weight excluding hydrogens is 290 g/mol. The quantitative estimate of drug-likeness (QED) is 0.928. The van der Waals surface area contributed by atoms with Crippen LogP contribution >= 0.6 is 0 Å². The summed E-state index contributed by atoms with van der Waals surface area (Å²) in [4.78, 5) is 14.6. The molecule has 1 spiro atoms. The molecular formula is C18H21N3O2. The van der Waals surface area contributed by atoms with E-state index in [2.05, 4.69) is 10.2 Å². The molecule has 5 nitrogen and oxygen atoms in total. The lowest BCUT2D eigenvalue weighted by atomic mass is 9.88. The van der Waals surface area contributed by atoms with Gasteiger partial charge in [0.2, 0.25) is 0 Å². The van der Waals surface area contributed by atoms with Crippen molar-refractivity contribution in [2.24, 2.45) is 0 Å². The van der Waals surface area contributed by atoms with Crippen LogP contribution in [0.2, 0.25) is 0 Å². The summed E-state index contributed by atoms with van der Waals surface area (Å²) >= 11 is 0. The lowest BCUT2D eigenvalue weighted by Gasteiger charge is -2.38. The normalized spacial score (nSPS) is 20.1. The molecule has 3 heterocycles. The fraction of sp³-hybridized carbons (Fsp3) is 0.444. The Hall–Kier alpha value is -2.14. The maximum absolute atomic E-state index is 12.7. The van der Waals surface area contributed by atoms with Gasteiger partial charge in [-0.25, -0.2) is 0 Å². The number of aromatic amines is 1. The molecule has 2 aliphatic heterocycles. The average Bonchev–Trinajstić information content (AvgIpc) is 3.28. The van der Waals surface area contributed by atoms with Crippen LogP contribution in [0.5, 0.6) is 0 Å². The molecule has 120 valence electrons. The first-order chi connectivity index (χ1) is 11.3. The van der Waals surface area contributed by atoms with Crippen molar-refractivity contribution in [3.05, 3.63) is 42.1 Å². The smallest absolute Gasteiger partial charge is 0.253 e. The number of aromatic nitrogens is 2. The molecule has 4 rings (SSSR count). The first kappa shape index (κ1) is 14.5. The summed E-state index contributed by atoms with van der Waals surface area (Å²) in [5.74, 6) is 0.119.